The second kappa shape index (κ2) is 43.7. The van der Waals surface area contributed by atoms with Gasteiger partial charge < -0.3 is 46.8 Å². The van der Waals surface area contributed by atoms with Crippen molar-refractivity contribution >= 4 is 170 Å². The lowest BCUT2D eigenvalue weighted by molar-refractivity contribution is 0.101. The molecule has 0 aliphatic heterocycles. The Kier molecular flexibility index (Phi) is 28.7. The molecule has 0 fully saturated rings. The van der Waals surface area contributed by atoms with Crippen LogP contribution in [0.3, 0.4) is 0 Å². The quantitative estimate of drug-likeness (QED) is 0.0238. The van der Waals surface area contributed by atoms with Crippen molar-refractivity contribution in [3.05, 3.63) is 407 Å². The van der Waals surface area contributed by atoms with E-state index in [-0.39, 0.29) is 144 Å². The maximum absolute atomic E-state index is 13.2. The lowest BCUT2D eigenvalue weighted by Gasteiger charge is -2.12. The molecule has 9 N–H and O–H groups in total. The number of hydrogen-bond acceptors (Lipinski definition) is 29. The van der Waals surface area contributed by atoms with Crippen LogP contribution in [0.15, 0.2) is 358 Å². The number of amides is 4. The number of anilines is 4. The Labute approximate surface area is 825 Å². The predicted octanol–water partition coefficient (Wildman–Crippen LogP) is 23.7. The third kappa shape index (κ3) is 21.2. The molecule has 4 amide bonds. The Hall–Kier alpha value is -21.5. The summed E-state index contributed by atoms with van der Waals surface area (Å²) in [5, 5.41) is 121. The minimum absolute atomic E-state index is 0.00655. The van der Waals surface area contributed by atoms with Gasteiger partial charge in [-0.25, -0.2) is 59.3 Å². The third-order valence-electron chi connectivity index (χ3n) is 21.5. The summed E-state index contributed by atoms with van der Waals surface area (Å²) in [5.41, 5.74) is 5.68. The van der Waals surface area contributed by atoms with Crippen molar-refractivity contribution in [3.8, 4) is 46.8 Å². The van der Waals surface area contributed by atoms with Gasteiger partial charge in [-0.2, -0.15) is 39.1 Å². The van der Waals surface area contributed by atoms with Crippen LogP contribution in [0.2, 0.25) is 5.02 Å². The van der Waals surface area contributed by atoms with E-state index in [1.807, 2.05) is 50.2 Å². The van der Waals surface area contributed by atoms with Crippen LogP contribution in [-0.2, 0) is 6.61 Å². The number of hydrogen-bond donors (Lipinski definition) is 9. The molecule has 41 nitrogen and oxygen atoms in total. The molecular formula is C103H69ClN32O9. The number of rotatable bonds is 21. The van der Waals surface area contributed by atoms with Crippen LogP contribution in [-0.4, -0.2) is 128 Å². The fraction of sp³-hybridized carbons (Fsp3) is 0.0291. The Balaban J connectivity index is 0.000000132. The number of para-hydroxylation sites is 1. The van der Waals surface area contributed by atoms with Crippen LogP contribution in [0.5, 0.6) is 23.0 Å². The number of aromatic hydroxyl groups is 4. The average molecular weight is 1930 g/mol. The van der Waals surface area contributed by atoms with E-state index < -0.39 is 23.6 Å². The number of aromatic nitrogens is 16. The summed E-state index contributed by atoms with van der Waals surface area (Å²) in [6.45, 7) is 33.6. The number of carbonyl (C=O) groups excluding carboxylic acids is 4. The minimum Gasteiger partial charge on any atom is -0.505 e. The molecule has 0 saturated heterocycles. The number of azo groups is 4. The molecule has 20 rings (SSSR count). The Morgan fingerprint density at radius 1 is 0.310 bits per heavy atom. The van der Waals surface area contributed by atoms with Gasteiger partial charge in [0.2, 0.25) is 0 Å². The van der Waals surface area contributed by atoms with Crippen LogP contribution in [0.4, 0.5) is 91.5 Å². The molecule has 0 aliphatic carbocycles. The summed E-state index contributed by atoms with van der Waals surface area (Å²) in [4.78, 5) is 99.2. The van der Waals surface area contributed by atoms with Gasteiger partial charge >= 0.3 is 0 Å². The van der Waals surface area contributed by atoms with Gasteiger partial charge in [-0.05, 0) is 155 Å². The van der Waals surface area contributed by atoms with Crippen molar-refractivity contribution in [3.63, 3.8) is 0 Å². The Morgan fingerprint density at radius 2 is 0.586 bits per heavy atom. The van der Waals surface area contributed by atoms with Crippen molar-refractivity contribution in [2.75, 3.05) is 21.3 Å². The second-order valence-electron chi connectivity index (χ2n) is 30.7. The highest BCUT2D eigenvalue weighted by Gasteiger charge is 2.27. The first-order valence-electron chi connectivity index (χ1n) is 43.2. The molecule has 0 radical (unpaired) electrons. The largest absolute Gasteiger partial charge is 0.505 e. The normalized spacial score (nSPS) is 11.0. The van der Waals surface area contributed by atoms with Crippen molar-refractivity contribution in [1.29, 1.82) is 0 Å². The lowest BCUT2D eigenvalue weighted by Crippen LogP contribution is -2.12. The molecule has 0 atom stereocenters. The number of phenols is 4. The smallest absolute Gasteiger partial charge is 0.259 e. The van der Waals surface area contributed by atoms with E-state index >= 15 is 0 Å². The SMILES string of the molecule is [C-]#[N+]c1cnn(-c2ncccn2)c1N=Nc1c(O)c(C(=O)Nc2ccc(C)c(C)c2)cc2ccccc12.[C-]#[N+]c1cnn(-c2ncccn2)c1N=Nc1c(O)c(C(=O)Nc2cccc(CO)c2)cc2ccccc12.[C-]#[N+]c1cnn(-c2ncccn2)c1N=Nc1c(O)c(C(=O)Nc2cccc(Cl)c2)cc2ccccc12.[C-]#[N+]c1cnn(-c2ncccn2)c1N=Nc1c(O)c(C(=O)Nc2ccccc2)cc2ccccc12. The molecule has 702 valence electrons. The monoisotopic (exact) mass is 1930 g/mol. The zero-order valence-electron chi connectivity index (χ0n) is 75.5. The van der Waals surface area contributed by atoms with Crippen molar-refractivity contribution in [1.82, 2.24) is 79.0 Å². The minimum atomic E-state index is -0.570. The molecule has 8 heterocycles. The van der Waals surface area contributed by atoms with E-state index in [0.29, 0.717) is 76.4 Å². The molecule has 42 heteroatoms. The number of phenolic OH excluding ortho intramolecular Hbond substituents is 4. The van der Waals surface area contributed by atoms with Crippen molar-refractivity contribution in [2.24, 2.45) is 40.9 Å². The van der Waals surface area contributed by atoms with Crippen molar-refractivity contribution in [2.45, 2.75) is 20.5 Å². The fourth-order valence-corrected chi connectivity index (χ4v) is 14.6. The first-order valence-corrected chi connectivity index (χ1v) is 43.5. The Bertz CT molecular complexity index is 8700. The van der Waals surface area contributed by atoms with Gasteiger partial charge in [0.15, 0.2) is 46.3 Å². The first-order chi connectivity index (χ1) is 70.7. The number of aliphatic hydroxyl groups is 1. The fourth-order valence-electron chi connectivity index (χ4n) is 14.4. The van der Waals surface area contributed by atoms with Gasteiger partial charge in [-0.15, -0.1) is 40.9 Å². The average Bonchev–Trinajstić information content (AvgIpc) is 1.71. The molecule has 0 bridgehead atoms. The van der Waals surface area contributed by atoms with Crippen LogP contribution in [0, 0.1) is 40.1 Å². The molecule has 145 heavy (non-hydrogen) atoms. The number of aryl methyl sites for hydroxylation is 2. The lowest BCUT2D eigenvalue weighted by atomic mass is 10.0. The van der Waals surface area contributed by atoms with E-state index in [1.165, 1.54) is 80.7 Å². The van der Waals surface area contributed by atoms with Crippen LogP contribution >= 0.6 is 11.6 Å². The van der Waals surface area contributed by atoms with Crippen LogP contribution in [0.1, 0.15) is 58.1 Å². The van der Waals surface area contributed by atoms with E-state index in [2.05, 4.69) is 142 Å². The summed E-state index contributed by atoms with van der Waals surface area (Å²) in [6.07, 6.45) is 17.6. The molecule has 0 unspecified atom stereocenters. The summed E-state index contributed by atoms with van der Waals surface area (Å²) in [6, 6.07) is 69.4. The highest BCUT2D eigenvalue weighted by atomic mass is 35.5. The van der Waals surface area contributed by atoms with Gasteiger partial charge in [-0.3, -0.25) is 19.2 Å². The highest BCUT2D eigenvalue weighted by molar-refractivity contribution is 6.31. The van der Waals surface area contributed by atoms with E-state index in [1.54, 1.807) is 219 Å². The van der Waals surface area contributed by atoms with Gasteiger partial charge in [0.25, 0.3) is 70.2 Å². The van der Waals surface area contributed by atoms with E-state index in [4.69, 9.17) is 37.9 Å². The molecule has 0 saturated carbocycles. The topological polar surface area (TPSA) is 508 Å². The van der Waals surface area contributed by atoms with Gasteiger partial charge in [0.1, 0.15) is 22.7 Å². The second-order valence-corrected chi connectivity index (χ2v) is 31.2. The predicted molar refractivity (Wildman–Crippen MR) is 539 cm³/mol. The maximum atomic E-state index is 13.2. The zero-order valence-corrected chi connectivity index (χ0v) is 76.3. The summed E-state index contributed by atoms with van der Waals surface area (Å²) in [5.74, 6) is -2.41. The van der Waals surface area contributed by atoms with Crippen LogP contribution in [0.25, 0.3) is 86.3 Å². The number of benzene rings is 12. The summed E-state index contributed by atoms with van der Waals surface area (Å²) < 4.78 is 5.10. The number of nitrogens with one attached hydrogen (secondary N) is 4. The van der Waals surface area contributed by atoms with Gasteiger partial charge in [-0.1, -0.05) is 151 Å². The summed E-state index contributed by atoms with van der Waals surface area (Å²) in [7, 11) is 0. The Morgan fingerprint density at radius 3 is 0.883 bits per heavy atom. The number of fused-ring (bicyclic) bond motifs is 4. The van der Waals surface area contributed by atoms with E-state index in [9.17, 15) is 44.7 Å². The van der Waals surface area contributed by atoms with Crippen molar-refractivity contribution < 1.29 is 44.7 Å². The highest BCUT2D eigenvalue weighted by Crippen LogP contribution is 2.47. The molecule has 0 spiro atoms. The standard InChI is InChI=1S/C27H20N8O2.C26H18N8O3.C25H15ClN8O2.C25H16N8O2/c1-16-9-10-19(13-17(16)2)32-26(37)21-14-18-7-4-5-8-20(18)23(24(21)36)33-34-25-22(28-3)15-31-35(25)27-29-11-6-12-30-27;1-27-21-14-30-34(26-28-10-5-11-29-26)24(21)33-32-22-19-9-3-2-7-17(19)13-20(23(22)36)25(37)31-18-8-4-6-16(12-18)15-35;1-27-20-14-30-34(25-28-10-5-11-29-25)23(20)33-32-21-18-9-3-2-6-15(18)12-19(22(21)35)24(36)31-17-8-4-7-16(26)13-17;1-26-20-15-29-33(25-27-12-7-13-28-25)23(20)32-31-21-18-11-6-5-8-16(18)14-19(22(21)34)24(35)30-17-9-3-2-4-10-17/h4-15,36H,1-2H3,(H,32,37);2-14,35-36H,15H2,(H,31,37);2-14,35H,(H,31,36);2-15,34H,(H,30,35). The molecule has 20 aromatic rings. The first kappa shape index (κ1) is 95.3. The molecule has 0 aliphatic rings. The number of nitrogens with zero attached hydrogens (tertiary/aromatic N) is 28. The van der Waals surface area contributed by atoms with Gasteiger partial charge in [0.05, 0.1) is 79.9 Å². The van der Waals surface area contributed by atoms with Crippen LogP contribution < -0.4 is 21.3 Å². The van der Waals surface area contributed by atoms with Gasteiger partial charge in [0, 0.05) is 98.9 Å². The molecule has 8 aromatic heterocycles. The summed E-state index contributed by atoms with van der Waals surface area (Å²) >= 11 is 6.02. The van der Waals surface area contributed by atoms with E-state index in [0.717, 1.165) is 11.1 Å². The third-order valence-corrected chi connectivity index (χ3v) is 21.8. The number of carbonyl (C=O) groups is 4. The number of halogens is 1. The zero-order chi connectivity index (χ0) is 101. The number of aliphatic hydroxyl groups excluding tert-OH is 1. The molecule has 12 aromatic carbocycles. The maximum Gasteiger partial charge on any atom is 0.259 e. The molecular weight excluding hydrogens is 1860 g/mol.